The van der Waals surface area contributed by atoms with Crippen LogP contribution in [0.25, 0.3) is 0 Å². The molecule has 2 atom stereocenters. The van der Waals surface area contributed by atoms with E-state index in [2.05, 4.69) is 10.6 Å². The van der Waals surface area contributed by atoms with Gasteiger partial charge in [-0.3, -0.25) is 9.59 Å². The zero-order valence-corrected chi connectivity index (χ0v) is 15.6. The van der Waals surface area contributed by atoms with E-state index in [-0.39, 0.29) is 30.3 Å². The first kappa shape index (κ1) is 19.2. The van der Waals surface area contributed by atoms with Crippen LogP contribution in [0, 0.1) is 17.8 Å². The Kier molecular flexibility index (Phi) is 5.98. The van der Waals surface area contributed by atoms with Gasteiger partial charge in [-0.1, -0.05) is 25.5 Å². The van der Waals surface area contributed by atoms with Crippen molar-refractivity contribution in [2.75, 3.05) is 18.4 Å². The van der Waals surface area contributed by atoms with Gasteiger partial charge in [0.25, 0.3) is 0 Å². The minimum atomic E-state index is -0.853. The Morgan fingerprint density at radius 2 is 1.96 bits per heavy atom. The fourth-order valence-electron chi connectivity index (χ4n) is 3.66. The quantitative estimate of drug-likeness (QED) is 0.739. The molecule has 0 radical (unpaired) electrons. The minimum absolute atomic E-state index is 0.0597. The molecule has 0 bridgehead atoms. The maximum Gasteiger partial charge on any atom is 0.317 e. The van der Waals surface area contributed by atoms with Crippen molar-refractivity contribution in [3.63, 3.8) is 0 Å². The van der Waals surface area contributed by atoms with Gasteiger partial charge >= 0.3 is 12.0 Å². The van der Waals surface area contributed by atoms with Gasteiger partial charge in [0, 0.05) is 31.2 Å². The number of carboxylic acids is 1. The monoisotopic (exact) mass is 373 g/mol. The molecule has 2 fully saturated rings. The summed E-state index contributed by atoms with van der Waals surface area (Å²) in [6, 6.07) is 7.18. The number of carbonyl (C=O) groups is 3. The largest absolute Gasteiger partial charge is 0.481 e. The third kappa shape index (κ3) is 4.99. The lowest BCUT2D eigenvalue weighted by molar-refractivity contribution is -0.143. The van der Waals surface area contributed by atoms with Crippen LogP contribution in [-0.2, 0) is 16.1 Å². The van der Waals surface area contributed by atoms with Crippen LogP contribution in [0.1, 0.15) is 38.2 Å². The molecule has 3 N–H and O–H groups in total. The van der Waals surface area contributed by atoms with Crippen LogP contribution in [0.3, 0.4) is 0 Å². The fourth-order valence-corrected chi connectivity index (χ4v) is 3.66. The predicted molar refractivity (Wildman–Crippen MR) is 101 cm³/mol. The molecule has 2 aliphatic rings. The summed E-state index contributed by atoms with van der Waals surface area (Å²) in [4.78, 5) is 37.3. The van der Waals surface area contributed by atoms with E-state index < -0.39 is 11.9 Å². The molecule has 1 aromatic carbocycles. The molecule has 0 spiro atoms. The zero-order chi connectivity index (χ0) is 19.4. The lowest BCUT2D eigenvalue weighted by Gasteiger charge is -2.34. The Bertz CT molecular complexity index is 717. The SMILES string of the molecule is CC1CC(C(=O)O)CN(C(=O)NCc2cccc(NC(=O)C3CCC3)c2)C1. The topological polar surface area (TPSA) is 98.7 Å². The Balaban J connectivity index is 1.53. The van der Waals surface area contributed by atoms with Crippen molar-refractivity contribution in [2.45, 2.75) is 39.2 Å². The Morgan fingerprint density at radius 1 is 1.19 bits per heavy atom. The van der Waals surface area contributed by atoms with Crippen molar-refractivity contribution in [1.82, 2.24) is 10.2 Å². The van der Waals surface area contributed by atoms with Gasteiger partial charge in [0.2, 0.25) is 5.91 Å². The number of likely N-dealkylation sites (tertiary alicyclic amines) is 1. The molecule has 3 amide bonds. The second kappa shape index (κ2) is 8.41. The van der Waals surface area contributed by atoms with E-state index in [0.29, 0.717) is 19.5 Å². The molecule has 146 valence electrons. The summed E-state index contributed by atoms with van der Waals surface area (Å²) in [6.45, 7) is 3.09. The van der Waals surface area contributed by atoms with Crippen molar-refractivity contribution < 1.29 is 19.5 Å². The van der Waals surface area contributed by atoms with Crippen LogP contribution in [0.4, 0.5) is 10.5 Å². The summed E-state index contributed by atoms with van der Waals surface area (Å²) >= 11 is 0. The van der Waals surface area contributed by atoms with Gasteiger partial charge in [-0.05, 0) is 42.9 Å². The first-order chi connectivity index (χ1) is 12.9. The Morgan fingerprint density at radius 3 is 2.63 bits per heavy atom. The number of rotatable bonds is 5. The van der Waals surface area contributed by atoms with Gasteiger partial charge in [-0.25, -0.2) is 4.79 Å². The van der Waals surface area contributed by atoms with Crippen LogP contribution >= 0.6 is 0 Å². The number of urea groups is 1. The Labute approximate surface area is 159 Å². The van der Waals surface area contributed by atoms with Gasteiger partial charge in [0.1, 0.15) is 0 Å². The van der Waals surface area contributed by atoms with E-state index in [0.717, 1.165) is 30.5 Å². The van der Waals surface area contributed by atoms with E-state index in [9.17, 15) is 19.5 Å². The Hall–Kier alpha value is -2.57. The molecule has 1 saturated heterocycles. The molecule has 7 heteroatoms. The molecule has 1 aromatic rings. The van der Waals surface area contributed by atoms with Crippen LogP contribution in [0.5, 0.6) is 0 Å². The third-order valence-corrected chi connectivity index (χ3v) is 5.41. The number of carbonyl (C=O) groups excluding carboxylic acids is 2. The lowest BCUT2D eigenvalue weighted by atomic mass is 9.85. The average molecular weight is 373 g/mol. The molecular formula is C20H27N3O4. The summed E-state index contributed by atoms with van der Waals surface area (Å²) in [6.07, 6.45) is 3.62. The highest BCUT2D eigenvalue weighted by Crippen LogP contribution is 2.27. The molecule has 1 saturated carbocycles. The minimum Gasteiger partial charge on any atom is -0.481 e. The molecule has 1 aliphatic heterocycles. The molecular weight excluding hydrogens is 346 g/mol. The number of piperidine rings is 1. The smallest absolute Gasteiger partial charge is 0.317 e. The summed E-state index contributed by atoms with van der Waals surface area (Å²) in [5.74, 6) is -1.02. The van der Waals surface area contributed by atoms with Crippen molar-refractivity contribution >= 4 is 23.6 Å². The number of hydrogen-bond acceptors (Lipinski definition) is 3. The molecule has 2 unspecified atom stereocenters. The van der Waals surface area contributed by atoms with Crippen molar-refractivity contribution in [2.24, 2.45) is 17.8 Å². The average Bonchev–Trinajstić information content (AvgIpc) is 2.57. The zero-order valence-electron chi connectivity index (χ0n) is 15.6. The van der Waals surface area contributed by atoms with Gasteiger partial charge in [-0.2, -0.15) is 0 Å². The van der Waals surface area contributed by atoms with Crippen LogP contribution < -0.4 is 10.6 Å². The number of hydrogen-bond donors (Lipinski definition) is 3. The summed E-state index contributed by atoms with van der Waals surface area (Å²) < 4.78 is 0. The fraction of sp³-hybridized carbons (Fsp3) is 0.550. The number of benzene rings is 1. The van der Waals surface area contributed by atoms with E-state index in [1.54, 1.807) is 4.90 Å². The highest BCUT2D eigenvalue weighted by Gasteiger charge is 2.31. The standard InChI is InChI=1S/C20H27N3O4/c1-13-8-16(19(25)26)12-23(11-13)20(27)21-10-14-4-2-7-17(9-14)22-18(24)15-5-3-6-15/h2,4,7,9,13,15-16H,3,5-6,8,10-12H2,1H3,(H,21,27)(H,22,24)(H,25,26). The van der Waals surface area contributed by atoms with Crippen molar-refractivity contribution in [3.8, 4) is 0 Å². The van der Waals surface area contributed by atoms with Gasteiger partial charge in [0.05, 0.1) is 5.92 Å². The van der Waals surface area contributed by atoms with Crippen LogP contribution in [-0.4, -0.2) is 41.0 Å². The van der Waals surface area contributed by atoms with E-state index in [1.165, 1.54) is 0 Å². The highest BCUT2D eigenvalue weighted by molar-refractivity contribution is 5.93. The molecule has 3 rings (SSSR count). The van der Waals surface area contributed by atoms with Crippen LogP contribution in [0.15, 0.2) is 24.3 Å². The number of carboxylic acid groups (broad SMARTS) is 1. The number of amides is 3. The lowest BCUT2D eigenvalue weighted by Crippen LogP contribution is -2.49. The molecule has 1 aliphatic carbocycles. The summed E-state index contributed by atoms with van der Waals surface area (Å²) in [5, 5.41) is 15.0. The van der Waals surface area contributed by atoms with Crippen molar-refractivity contribution in [3.05, 3.63) is 29.8 Å². The number of nitrogens with one attached hydrogen (secondary N) is 2. The van der Waals surface area contributed by atoms with Gasteiger partial charge in [-0.15, -0.1) is 0 Å². The van der Waals surface area contributed by atoms with Gasteiger partial charge in [0.15, 0.2) is 0 Å². The predicted octanol–water partition coefficient (Wildman–Crippen LogP) is 2.68. The van der Waals surface area contributed by atoms with E-state index in [1.807, 2.05) is 31.2 Å². The van der Waals surface area contributed by atoms with Crippen molar-refractivity contribution in [1.29, 1.82) is 0 Å². The summed E-state index contributed by atoms with van der Waals surface area (Å²) in [5.41, 5.74) is 1.62. The molecule has 1 heterocycles. The number of anilines is 1. The normalized spacial score (nSPS) is 22.6. The van der Waals surface area contributed by atoms with E-state index in [4.69, 9.17) is 0 Å². The maximum absolute atomic E-state index is 12.4. The summed E-state index contributed by atoms with van der Waals surface area (Å²) in [7, 11) is 0. The molecule has 7 nitrogen and oxygen atoms in total. The first-order valence-corrected chi connectivity index (χ1v) is 9.57. The highest BCUT2D eigenvalue weighted by atomic mass is 16.4. The first-order valence-electron chi connectivity index (χ1n) is 9.57. The second-order valence-corrected chi connectivity index (χ2v) is 7.76. The number of aliphatic carboxylic acids is 1. The second-order valence-electron chi connectivity index (χ2n) is 7.76. The van der Waals surface area contributed by atoms with Crippen LogP contribution in [0.2, 0.25) is 0 Å². The number of nitrogens with zero attached hydrogens (tertiary/aromatic N) is 1. The van der Waals surface area contributed by atoms with E-state index >= 15 is 0 Å². The molecule has 27 heavy (non-hydrogen) atoms. The van der Waals surface area contributed by atoms with Gasteiger partial charge < -0.3 is 20.6 Å². The maximum atomic E-state index is 12.4. The third-order valence-electron chi connectivity index (χ3n) is 5.41. The molecule has 0 aromatic heterocycles.